The lowest BCUT2D eigenvalue weighted by Crippen LogP contribution is -2.55. The third-order valence-electron chi connectivity index (χ3n) is 10.7. The van der Waals surface area contributed by atoms with Crippen molar-refractivity contribution in [2.75, 3.05) is 101 Å². The molecule has 0 unspecified atom stereocenters. The van der Waals surface area contributed by atoms with E-state index in [9.17, 15) is 19.7 Å². The number of methoxy groups -OCH3 is 2. The number of likely N-dealkylation sites (N-methyl/N-ethyl adjacent to an activating group) is 1. The zero-order valence-corrected chi connectivity index (χ0v) is 33.9. The van der Waals surface area contributed by atoms with E-state index in [1.54, 1.807) is 45.3 Å². The van der Waals surface area contributed by atoms with Crippen LogP contribution in [0.2, 0.25) is 5.02 Å². The number of nitrogens with one attached hydrogen (secondary N) is 1. The third-order valence-corrected chi connectivity index (χ3v) is 11.1. The summed E-state index contributed by atoms with van der Waals surface area (Å²) < 4.78 is 17.0. The lowest BCUT2D eigenvalue weighted by atomic mass is 10.0. The third kappa shape index (κ3) is 8.85. The Morgan fingerprint density at radius 1 is 1.10 bits per heavy atom. The largest absolute Gasteiger partial charge is 0.497 e. The second-order valence-corrected chi connectivity index (χ2v) is 15.5. The first-order valence-electron chi connectivity index (χ1n) is 19.2. The molecule has 3 aromatic rings. The molecule has 2 saturated heterocycles. The minimum atomic E-state index is -0.449. The topological polar surface area (TPSA) is 168 Å². The van der Waals surface area contributed by atoms with Crippen molar-refractivity contribution < 1.29 is 33.2 Å². The molecule has 2 fully saturated rings. The van der Waals surface area contributed by atoms with Crippen molar-refractivity contribution in [3.63, 3.8) is 0 Å². The molecule has 4 aliphatic rings. The van der Waals surface area contributed by atoms with E-state index in [4.69, 9.17) is 30.8 Å². The highest BCUT2D eigenvalue weighted by atomic mass is 35.5. The van der Waals surface area contributed by atoms with Gasteiger partial charge >= 0.3 is 11.9 Å². The van der Waals surface area contributed by atoms with Gasteiger partial charge in [0, 0.05) is 80.0 Å². The number of nitro groups is 1. The number of quaternary nitrogens is 1. The summed E-state index contributed by atoms with van der Waals surface area (Å²) in [6.07, 6.45) is 8.12. The fourth-order valence-corrected chi connectivity index (χ4v) is 7.98. The molecule has 5 heterocycles. The molecule has 1 aromatic heterocycles. The number of likely N-dealkylation sites (tertiary alicyclic amines) is 1. The van der Waals surface area contributed by atoms with Crippen LogP contribution in [0.5, 0.6) is 11.5 Å². The van der Waals surface area contributed by atoms with Gasteiger partial charge in [0.05, 0.1) is 65.9 Å². The van der Waals surface area contributed by atoms with Gasteiger partial charge in [0.2, 0.25) is 11.9 Å². The average Bonchev–Trinajstić information content (AvgIpc) is 3.69. The molecule has 4 aliphatic heterocycles. The highest BCUT2D eigenvalue weighted by Crippen LogP contribution is 2.43. The first-order valence-corrected chi connectivity index (χ1v) is 19.6. The number of halogens is 1. The Balaban J connectivity index is 1.09. The number of amides is 3. The average molecular weight is 816 g/mol. The summed E-state index contributed by atoms with van der Waals surface area (Å²) in [5.41, 5.74) is 3.72. The van der Waals surface area contributed by atoms with Gasteiger partial charge in [-0.15, -0.1) is 0 Å². The number of rotatable bonds is 13. The van der Waals surface area contributed by atoms with Gasteiger partial charge in [0.15, 0.2) is 0 Å². The van der Waals surface area contributed by atoms with Crippen molar-refractivity contribution >= 4 is 58.6 Å². The van der Waals surface area contributed by atoms with Crippen molar-refractivity contribution in [1.82, 2.24) is 14.9 Å². The van der Waals surface area contributed by atoms with Crippen molar-refractivity contribution in [3.8, 4) is 11.5 Å². The SMILES string of the molecule is COc1cc(OC)c(Cl)c(N2Cc3cnc(Nc4ccc(N5CCOCC5)cc4)nc3N(C3CCN(C(=O)/C=C/C[N+](C)(C)CC4=C([N+](=O)[O-])N=CC4)CC3)C2=O)c1. The zero-order valence-electron chi connectivity index (χ0n) is 33.1. The lowest BCUT2D eigenvalue weighted by molar-refractivity contribution is -0.880. The second kappa shape index (κ2) is 17.4. The van der Waals surface area contributed by atoms with E-state index in [0.29, 0.717) is 97.7 Å². The number of morpholine rings is 1. The van der Waals surface area contributed by atoms with Crippen LogP contribution in [0.25, 0.3) is 0 Å². The van der Waals surface area contributed by atoms with Gasteiger partial charge in [-0.25, -0.2) is 9.78 Å². The number of aromatic nitrogens is 2. The van der Waals surface area contributed by atoms with E-state index in [0.717, 1.165) is 30.0 Å². The van der Waals surface area contributed by atoms with Crippen LogP contribution in [0.15, 0.2) is 71.1 Å². The molecule has 2 aromatic carbocycles. The van der Waals surface area contributed by atoms with Crippen LogP contribution >= 0.6 is 11.6 Å². The molecular formula is C40H48ClN10O7+. The van der Waals surface area contributed by atoms with Crippen LogP contribution in [0.1, 0.15) is 24.8 Å². The maximum absolute atomic E-state index is 14.7. The number of piperidine rings is 1. The van der Waals surface area contributed by atoms with Crippen molar-refractivity contribution in [3.05, 3.63) is 86.8 Å². The number of carbonyl (C=O) groups excluding carboxylic acids is 2. The van der Waals surface area contributed by atoms with E-state index in [1.807, 2.05) is 44.4 Å². The Kier molecular flexibility index (Phi) is 12.1. The summed E-state index contributed by atoms with van der Waals surface area (Å²) in [5, 5.41) is 14.9. The number of ether oxygens (including phenoxy) is 3. The first-order chi connectivity index (χ1) is 27.9. The minimum absolute atomic E-state index is 0.0910. The second-order valence-electron chi connectivity index (χ2n) is 15.2. The van der Waals surface area contributed by atoms with E-state index in [-0.39, 0.29) is 35.4 Å². The van der Waals surface area contributed by atoms with Gasteiger partial charge in [-0.05, 0) is 48.1 Å². The molecule has 3 amide bonds. The van der Waals surface area contributed by atoms with E-state index in [1.165, 1.54) is 14.2 Å². The number of urea groups is 1. The fraction of sp³-hybridized carbons (Fsp3) is 0.425. The molecule has 0 radical (unpaired) electrons. The first kappa shape index (κ1) is 40.4. The number of hydrogen-bond donors (Lipinski definition) is 1. The Hall–Kier alpha value is -5.78. The quantitative estimate of drug-likeness (QED) is 0.103. The zero-order chi connectivity index (χ0) is 41.0. The summed E-state index contributed by atoms with van der Waals surface area (Å²) in [4.78, 5) is 59.8. The molecular weight excluding hydrogens is 768 g/mol. The smallest absolute Gasteiger partial charge is 0.368 e. The molecule has 18 heteroatoms. The number of anilines is 5. The standard InChI is InChI=1S/C40H48ClN10O7/c1-51(2,26-27-11-14-42-37(27)50(54)55)19-5-6-35(52)47-15-12-31(13-16-47)49-38-28(25-48(40(49)53)33-22-32(56-3)23-34(57-4)36(33)41)24-43-39(45-38)44-29-7-9-30(10-8-29)46-17-20-58-21-18-46/h5-10,14,22-24,31H,11-13,15-21,25-26H2,1-4H3,(H,43,44,45)/q+1/b6-5+. The van der Waals surface area contributed by atoms with Crippen LogP contribution in [-0.4, -0.2) is 129 Å². The molecule has 0 saturated carbocycles. The molecule has 7 rings (SSSR count). The van der Waals surface area contributed by atoms with Crippen LogP contribution < -0.4 is 29.5 Å². The highest BCUT2D eigenvalue weighted by molar-refractivity contribution is 6.35. The number of benzene rings is 2. The van der Waals surface area contributed by atoms with E-state index < -0.39 is 4.92 Å². The van der Waals surface area contributed by atoms with Crippen LogP contribution in [0.4, 0.5) is 33.6 Å². The molecule has 1 N–H and O–H groups in total. The molecule has 58 heavy (non-hydrogen) atoms. The predicted molar refractivity (Wildman–Crippen MR) is 221 cm³/mol. The molecule has 306 valence electrons. The molecule has 0 bridgehead atoms. The highest BCUT2D eigenvalue weighted by Gasteiger charge is 2.40. The van der Waals surface area contributed by atoms with Crippen LogP contribution in [-0.2, 0) is 16.1 Å². The number of carbonyl (C=O) groups is 2. The molecule has 0 aliphatic carbocycles. The fourth-order valence-electron chi connectivity index (χ4n) is 7.69. The number of nitrogens with zero attached hydrogens (tertiary/aromatic N) is 9. The summed E-state index contributed by atoms with van der Waals surface area (Å²) in [6, 6.07) is 10.8. The Labute approximate surface area is 341 Å². The van der Waals surface area contributed by atoms with Gasteiger partial charge in [-0.1, -0.05) is 16.6 Å². The van der Waals surface area contributed by atoms with Gasteiger partial charge < -0.3 is 43.9 Å². The van der Waals surface area contributed by atoms with Crippen molar-refractivity contribution in [2.24, 2.45) is 4.99 Å². The van der Waals surface area contributed by atoms with Crippen LogP contribution in [0, 0.1) is 10.1 Å². The lowest BCUT2D eigenvalue weighted by Gasteiger charge is -2.43. The number of hydrogen-bond acceptors (Lipinski definition) is 12. The van der Waals surface area contributed by atoms with E-state index in [2.05, 4.69) is 20.2 Å². The predicted octanol–water partition coefficient (Wildman–Crippen LogP) is 5.26. The van der Waals surface area contributed by atoms with Crippen LogP contribution in [0.3, 0.4) is 0 Å². The molecule has 0 spiro atoms. The number of fused-ring (bicyclic) bond motifs is 1. The van der Waals surface area contributed by atoms with Crippen molar-refractivity contribution in [2.45, 2.75) is 31.8 Å². The normalized spacial score (nSPS) is 17.6. The Bertz CT molecular complexity index is 2130. The number of aliphatic imine (C=N–C) groups is 1. The van der Waals surface area contributed by atoms with Crippen molar-refractivity contribution in [1.29, 1.82) is 0 Å². The Morgan fingerprint density at radius 2 is 1.84 bits per heavy atom. The van der Waals surface area contributed by atoms with Gasteiger partial charge in [-0.3, -0.25) is 14.6 Å². The van der Waals surface area contributed by atoms with Gasteiger partial charge in [0.1, 0.15) is 35.1 Å². The Morgan fingerprint density at radius 3 is 2.53 bits per heavy atom. The van der Waals surface area contributed by atoms with Gasteiger partial charge in [0.25, 0.3) is 0 Å². The minimum Gasteiger partial charge on any atom is -0.497 e. The molecule has 17 nitrogen and oxygen atoms in total. The summed E-state index contributed by atoms with van der Waals surface area (Å²) in [5.74, 6) is 1.45. The summed E-state index contributed by atoms with van der Waals surface area (Å²) in [6.45, 7) is 5.00. The summed E-state index contributed by atoms with van der Waals surface area (Å²) in [7, 11) is 6.96. The monoisotopic (exact) mass is 815 g/mol. The van der Waals surface area contributed by atoms with E-state index >= 15 is 0 Å². The molecule has 0 atom stereocenters. The maximum atomic E-state index is 14.7. The maximum Gasteiger partial charge on any atom is 0.368 e. The van der Waals surface area contributed by atoms with Gasteiger partial charge in [-0.2, -0.15) is 4.98 Å². The summed E-state index contributed by atoms with van der Waals surface area (Å²) >= 11 is 6.83.